The summed E-state index contributed by atoms with van der Waals surface area (Å²) in [7, 11) is 3.71. The molecule has 1 atom stereocenters. The van der Waals surface area contributed by atoms with Crippen molar-refractivity contribution in [2.45, 2.75) is 18.8 Å². The number of benzene rings is 2. The normalized spacial score (nSPS) is 13.3. The molecule has 0 amide bonds. The van der Waals surface area contributed by atoms with Crippen LogP contribution < -0.4 is 5.32 Å². The standard InChI is InChI=1S/C18H20F4N2/c1-24(2)17(12-23-11-14-5-3-4-6-16(14)19)13-7-9-15(10-8-13)18(20,21)22/h3-10,17,23H,11-12H2,1-2H3. The molecule has 1 N–H and O–H groups in total. The van der Waals surface area contributed by atoms with Crippen molar-refractivity contribution >= 4 is 0 Å². The summed E-state index contributed by atoms with van der Waals surface area (Å²) in [6, 6.07) is 11.5. The Morgan fingerprint density at radius 2 is 1.62 bits per heavy atom. The number of hydrogen-bond donors (Lipinski definition) is 1. The van der Waals surface area contributed by atoms with Crippen molar-refractivity contribution in [1.82, 2.24) is 10.2 Å². The summed E-state index contributed by atoms with van der Waals surface area (Å²) in [4.78, 5) is 1.91. The van der Waals surface area contributed by atoms with Crippen LogP contribution in [0.3, 0.4) is 0 Å². The second kappa shape index (κ2) is 7.77. The van der Waals surface area contributed by atoms with Crippen molar-refractivity contribution in [1.29, 1.82) is 0 Å². The number of nitrogens with zero attached hydrogens (tertiary/aromatic N) is 1. The molecular formula is C18H20F4N2. The van der Waals surface area contributed by atoms with E-state index in [4.69, 9.17) is 0 Å². The number of nitrogens with one attached hydrogen (secondary N) is 1. The molecule has 0 spiro atoms. The van der Waals surface area contributed by atoms with Crippen molar-refractivity contribution in [2.24, 2.45) is 0 Å². The van der Waals surface area contributed by atoms with Gasteiger partial charge in [0.15, 0.2) is 0 Å². The van der Waals surface area contributed by atoms with E-state index in [1.807, 2.05) is 19.0 Å². The summed E-state index contributed by atoms with van der Waals surface area (Å²) in [5.41, 5.74) is 0.666. The summed E-state index contributed by atoms with van der Waals surface area (Å²) < 4.78 is 51.5. The average molecular weight is 340 g/mol. The maximum absolute atomic E-state index is 13.6. The van der Waals surface area contributed by atoms with E-state index in [1.165, 1.54) is 18.2 Å². The Labute approximate surface area is 139 Å². The van der Waals surface area contributed by atoms with Gasteiger partial charge in [-0.1, -0.05) is 30.3 Å². The quantitative estimate of drug-likeness (QED) is 0.792. The highest BCUT2D eigenvalue weighted by Crippen LogP contribution is 2.30. The first-order valence-corrected chi connectivity index (χ1v) is 7.56. The third kappa shape index (κ3) is 4.79. The number of alkyl halides is 3. The third-order valence-electron chi connectivity index (χ3n) is 3.86. The van der Waals surface area contributed by atoms with Gasteiger partial charge < -0.3 is 10.2 Å². The van der Waals surface area contributed by atoms with Gasteiger partial charge in [0.05, 0.1) is 5.56 Å². The molecule has 2 nitrogen and oxygen atoms in total. The van der Waals surface area contributed by atoms with E-state index < -0.39 is 11.7 Å². The molecule has 2 rings (SSSR count). The minimum absolute atomic E-state index is 0.112. The molecule has 0 aliphatic heterocycles. The molecule has 0 aliphatic carbocycles. The van der Waals surface area contributed by atoms with Gasteiger partial charge in [0.2, 0.25) is 0 Å². The molecule has 130 valence electrons. The van der Waals surface area contributed by atoms with Gasteiger partial charge in [-0.05, 0) is 37.9 Å². The van der Waals surface area contributed by atoms with Crippen LogP contribution >= 0.6 is 0 Å². The first kappa shape index (κ1) is 18.4. The lowest BCUT2D eigenvalue weighted by molar-refractivity contribution is -0.137. The minimum atomic E-state index is -4.34. The fraction of sp³-hybridized carbons (Fsp3) is 0.333. The maximum Gasteiger partial charge on any atom is 0.416 e. The van der Waals surface area contributed by atoms with Crippen LogP contribution in [-0.2, 0) is 12.7 Å². The monoisotopic (exact) mass is 340 g/mol. The molecule has 0 radical (unpaired) electrons. The lowest BCUT2D eigenvalue weighted by Gasteiger charge is -2.25. The molecular weight excluding hydrogens is 320 g/mol. The van der Waals surface area contributed by atoms with Gasteiger partial charge in [-0.2, -0.15) is 13.2 Å². The number of halogens is 4. The largest absolute Gasteiger partial charge is 0.416 e. The van der Waals surface area contributed by atoms with Crippen molar-refractivity contribution in [2.75, 3.05) is 20.6 Å². The molecule has 0 bridgehead atoms. The van der Waals surface area contributed by atoms with Crippen molar-refractivity contribution < 1.29 is 17.6 Å². The van der Waals surface area contributed by atoms with Gasteiger partial charge in [-0.3, -0.25) is 0 Å². The van der Waals surface area contributed by atoms with Crippen molar-refractivity contribution in [3.63, 3.8) is 0 Å². The van der Waals surface area contributed by atoms with Crippen LogP contribution in [0.1, 0.15) is 22.7 Å². The van der Waals surface area contributed by atoms with Crippen LogP contribution in [0.2, 0.25) is 0 Å². The Hall–Kier alpha value is -1.92. The predicted molar refractivity (Wildman–Crippen MR) is 86.0 cm³/mol. The molecule has 2 aromatic carbocycles. The van der Waals surface area contributed by atoms with Gasteiger partial charge in [-0.25, -0.2) is 4.39 Å². The topological polar surface area (TPSA) is 15.3 Å². The van der Waals surface area contributed by atoms with E-state index in [0.717, 1.165) is 17.7 Å². The van der Waals surface area contributed by atoms with Crippen LogP contribution in [0, 0.1) is 5.82 Å². The van der Waals surface area contributed by atoms with Crippen LogP contribution in [0.5, 0.6) is 0 Å². The summed E-state index contributed by atoms with van der Waals surface area (Å²) in [5.74, 6) is -0.277. The molecule has 0 saturated heterocycles. The summed E-state index contributed by atoms with van der Waals surface area (Å²) in [6.45, 7) is 0.852. The van der Waals surface area contributed by atoms with Crippen LogP contribution in [0.4, 0.5) is 17.6 Å². The molecule has 0 saturated carbocycles. The molecule has 2 aromatic rings. The average Bonchev–Trinajstić information content (AvgIpc) is 2.52. The SMILES string of the molecule is CN(C)C(CNCc1ccccc1F)c1ccc(C(F)(F)F)cc1. The highest BCUT2D eigenvalue weighted by Gasteiger charge is 2.30. The Bertz CT molecular complexity index is 651. The van der Waals surface area contributed by atoms with Gasteiger partial charge in [0, 0.05) is 24.7 Å². The van der Waals surface area contributed by atoms with Crippen LogP contribution in [0.25, 0.3) is 0 Å². The third-order valence-corrected chi connectivity index (χ3v) is 3.86. The minimum Gasteiger partial charge on any atom is -0.311 e. The second-order valence-corrected chi connectivity index (χ2v) is 5.82. The number of likely N-dealkylation sites (N-methyl/N-ethyl adjacent to an activating group) is 1. The van der Waals surface area contributed by atoms with Crippen molar-refractivity contribution in [3.05, 3.63) is 71.0 Å². The van der Waals surface area contributed by atoms with Crippen molar-refractivity contribution in [3.8, 4) is 0 Å². The zero-order valence-corrected chi connectivity index (χ0v) is 13.6. The maximum atomic E-state index is 13.6. The zero-order chi connectivity index (χ0) is 17.7. The first-order chi connectivity index (χ1) is 11.3. The van der Waals surface area contributed by atoms with Gasteiger partial charge >= 0.3 is 6.18 Å². The van der Waals surface area contributed by atoms with E-state index in [2.05, 4.69) is 5.32 Å². The van der Waals surface area contributed by atoms with E-state index in [-0.39, 0.29) is 11.9 Å². The molecule has 6 heteroatoms. The Balaban J connectivity index is 2.03. The lowest BCUT2D eigenvalue weighted by atomic mass is 10.0. The van der Waals surface area contributed by atoms with E-state index in [9.17, 15) is 17.6 Å². The van der Waals surface area contributed by atoms with E-state index >= 15 is 0 Å². The molecule has 24 heavy (non-hydrogen) atoms. The summed E-state index contributed by atoms with van der Waals surface area (Å²) in [5, 5.41) is 3.16. The highest BCUT2D eigenvalue weighted by molar-refractivity contribution is 5.27. The molecule has 0 heterocycles. The lowest BCUT2D eigenvalue weighted by Crippen LogP contribution is -2.31. The Morgan fingerprint density at radius 3 is 2.17 bits per heavy atom. The van der Waals surface area contributed by atoms with Gasteiger partial charge in [-0.15, -0.1) is 0 Å². The summed E-state index contributed by atoms with van der Waals surface area (Å²) in [6.07, 6.45) is -4.34. The fourth-order valence-corrected chi connectivity index (χ4v) is 2.48. The van der Waals surface area contributed by atoms with Gasteiger partial charge in [0.25, 0.3) is 0 Å². The smallest absolute Gasteiger partial charge is 0.311 e. The number of rotatable bonds is 6. The summed E-state index contributed by atoms with van der Waals surface area (Å²) >= 11 is 0. The van der Waals surface area contributed by atoms with Crippen LogP contribution in [-0.4, -0.2) is 25.5 Å². The molecule has 1 unspecified atom stereocenters. The molecule has 0 aromatic heterocycles. The second-order valence-electron chi connectivity index (χ2n) is 5.82. The van der Waals surface area contributed by atoms with E-state index in [0.29, 0.717) is 18.7 Å². The number of hydrogen-bond acceptors (Lipinski definition) is 2. The van der Waals surface area contributed by atoms with E-state index in [1.54, 1.807) is 18.2 Å². The van der Waals surface area contributed by atoms with Gasteiger partial charge in [0.1, 0.15) is 5.82 Å². The highest BCUT2D eigenvalue weighted by atomic mass is 19.4. The Kier molecular flexibility index (Phi) is 5.96. The predicted octanol–water partition coefficient (Wildman–Crippen LogP) is 4.24. The first-order valence-electron chi connectivity index (χ1n) is 7.56. The Morgan fingerprint density at radius 1 is 1.00 bits per heavy atom. The fourth-order valence-electron chi connectivity index (χ4n) is 2.48. The molecule has 0 fully saturated rings. The zero-order valence-electron chi connectivity index (χ0n) is 13.6. The molecule has 0 aliphatic rings. The van der Waals surface area contributed by atoms with Crippen LogP contribution in [0.15, 0.2) is 48.5 Å².